The Morgan fingerprint density at radius 2 is 1.81 bits per heavy atom. The van der Waals surface area contributed by atoms with Crippen LogP contribution >= 0.6 is 0 Å². The molecule has 1 aliphatic carbocycles. The van der Waals surface area contributed by atoms with Gasteiger partial charge >= 0.3 is 0 Å². The Hall–Kier alpha value is -4.00. The van der Waals surface area contributed by atoms with Crippen molar-refractivity contribution in [1.29, 1.82) is 0 Å². The fourth-order valence-corrected chi connectivity index (χ4v) is 3.64. The van der Waals surface area contributed by atoms with Gasteiger partial charge in [0.1, 0.15) is 5.75 Å². The highest BCUT2D eigenvalue weighted by molar-refractivity contribution is 6.09. The number of ether oxygens (including phenoxy) is 1. The molecule has 7 nitrogen and oxygen atoms in total. The van der Waals surface area contributed by atoms with Crippen LogP contribution in [0.1, 0.15) is 29.6 Å². The molecule has 1 aromatic heterocycles. The van der Waals surface area contributed by atoms with E-state index in [2.05, 4.69) is 26.7 Å². The number of allylic oxidation sites excluding steroid dienone is 4. The van der Waals surface area contributed by atoms with Crippen molar-refractivity contribution in [3.63, 3.8) is 0 Å². The smallest absolute Gasteiger partial charge is 0.255 e. The molecule has 0 fully saturated rings. The molecule has 2 aromatic rings. The summed E-state index contributed by atoms with van der Waals surface area (Å²) in [6, 6.07) is 8.45. The lowest BCUT2D eigenvalue weighted by Crippen LogP contribution is -2.19. The number of rotatable bonds is 6. The first-order chi connectivity index (χ1) is 15.6. The summed E-state index contributed by atoms with van der Waals surface area (Å²) in [7, 11) is 1.57. The number of nitrogens with zero attached hydrogens (tertiary/aromatic N) is 2. The van der Waals surface area contributed by atoms with Crippen molar-refractivity contribution < 1.29 is 14.3 Å². The fraction of sp³-hybridized carbons (Fsp3) is 0.200. The van der Waals surface area contributed by atoms with Crippen LogP contribution in [-0.4, -0.2) is 30.1 Å². The molecular weight excluding hydrogens is 404 g/mol. The average Bonchev–Trinajstić information content (AvgIpc) is 2.86. The summed E-state index contributed by atoms with van der Waals surface area (Å²) in [5, 5.41) is 5.72. The van der Waals surface area contributed by atoms with Crippen molar-refractivity contribution in [1.82, 2.24) is 4.98 Å². The zero-order valence-electron chi connectivity index (χ0n) is 17.7. The van der Waals surface area contributed by atoms with E-state index in [0.717, 1.165) is 12.8 Å². The van der Waals surface area contributed by atoms with Crippen LogP contribution in [0.4, 0.5) is 11.4 Å². The number of benzene rings is 1. The van der Waals surface area contributed by atoms with E-state index >= 15 is 0 Å². The minimum Gasteiger partial charge on any atom is -0.497 e. The molecule has 0 spiro atoms. The van der Waals surface area contributed by atoms with Crippen LogP contribution in [0.5, 0.6) is 5.75 Å². The van der Waals surface area contributed by atoms with Crippen molar-refractivity contribution >= 4 is 29.4 Å². The topological polar surface area (TPSA) is 92.7 Å². The highest BCUT2D eigenvalue weighted by Gasteiger charge is 2.19. The molecule has 1 aliphatic heterocycles. The third-order valence-corrected chi connectivity index (χ3v) is 5.49. The van der Waals surface area contributed by atoms with E-state index < -0.39 is 0 Å². The van der Waals surface area contributed by atoms with Gasteiger partial charge in [0.2, 0.25) is 0 Å². The summed E-state index contributed by atoms with van der Waals surface area (Å²) in [6.45, 7) is 0. The second-order valence-electron chi connectivity index (χ2n) is 7.51. The first-order valence-corrected chi connectivity index (χ1v) is 10.4. The van der Waals surface area contributed by atoms with Gasteiger partial charge in [0.25, 0.3) is 11.8 Å². The number of carbonyl (C=O) groups is 2. The number of pyridine rings is 1. The molecular formula is C25H24N4O3. The highest BCUT2D eigenvalue weighted by Crippen LogP contribution is 2.29. The number of nitrogens with one attached hydrogen (secondary N) is 2. The second-order valence-corrected chi connectivity index (χ2v) is 7.51. The van der Waals surface area contributed by atoms with Crippen LogP contribution < -0.4 is 15.4 Å². The third kappa shape index (κ3) is 5.00. The number of hydrogen-bond acceptors (Lipinski definition) is 5. The summed E-state index contributed by atoms with van der Waals surface area (Å²) in [6.07, 6.45) is 15.2. The van der Waals surface area contributed by atoms with Crippen LogP contribution in [0.2, 0.25) is 0 Å². The molecule has 0 radical (unpaired) electrons. The zero-order valence-corrected chi connectivity index (χ0v) is 17.7. The first kappa shape index (κ1) is 21.2. The Kier molecular flexibility index (Phi) is 6.55. The van der Waals surface area contributed by atoms with Gasteiger partial charge in [-0.1, -0.05) is 23.8 Å². The van der Waals surface area contributed by atoms with Crippen molar-refractivity contribution in [3.05, 3.63) is 83.9 Å². The van der Waals surface area contributed by atoms with Crippen molar-refractivity contribution in [2.45, 2.75) is 19.3 Å². The minimum atomic E-state index is -0.289. The van der Waals surface area contributed by atoms with Crippen LogP contribution in [0.15, 0.2) is 83.3 Å². The van der Waals surface area contributed by atoms with Crippen molar-refractivity contribution in [2.75, 3.05) is 17.7 Å². The number of methoxy groups -OCH3 is 1. The van der Waals surface area contributed by atoms with Gasteiger partial charge in [-0.15, -0.1) is 0 Å². The molecule has 1 unspecified atom stereocenters. The van der Waals surface area contributed by atoms with Gasteiger partial charge in [-0.2, -0.15) is 0 Å². The molecule has 2 amide bonds. The maximum Gasteiger partial charge on any atom is 0.255 e. The normalized spacial score (nSPS) is 17.2. The van der Waals surface area contributed by atoms with Gasteiger partial charge in [0.05, 0.1) is 24.7 Å². The number of hydrogen-bond donors (Lipinski definition) is 2. The van der Waals surface area contributed by atoms with E-state index in [9.17, 15) is 9.59 Å². The molecule has 1 atom stereocenters. The monoisotopic (exact) mass is 428 g/mol. The Morgan fingerprint density at radius 1 is 1.00 bits per heavy atom. The van der Waals surface area contributed by atoms with Crippen molar-refractivity contribution in [3.8, 4) is 5.75 Å². The lowest BCUT2D eigenvalue weighted by Gasteiger charge is -2.21. The molecule has 2 N–H and O–H groups in total. The van der Waals surface area contributed by atoms with Crippen LogP contribution in [0.3, 0.4) is 0 Å². The maximum atomic E-state index is 12.8. The predicted octanol–water partition coefficient (Wildman–Crippen LogP) is 4.53. The van der Waals surface area contributed by atoms with E-state index in [1.807, 2.05) is 24.6 Å². The number of anilines is 2. The lowest BCUT2D eigenvalue weighted by molar-refractivity contribution is -0.113. The Labute approximate surface area is 186 Å². The SMILES string of the molecule is COc1ccc(C(=O)Nc2ccncc2NC(=O)C2=CC=C(C3C=CN=CC3)CC2)cc1. The standard InChI is InChI=1S/C25H24N4O3/c1-32-21-8-6-20(7-9-21)24(30)28-22-12-15-27-16-23(22)29-25(31)19-4-2-17(3-5-19)18-10-13-26-14-11-18/h2,4,6-10,12-16,18H,3,5,11H2,1H3,(H,29,31)(H,27,28,30). The molecule has 4 rings (SSSR count). The average molecular weight is 428 g/mol. The quantitative estimate of drug-likeness (QED) is 0.707. The molecule has 0 saturated heterocycles. The van der Waals surface area contributed by atoms with E-state index in [4.69, 9.17) is 4.74 Å². The summed E-state index contributed by atoms with van der Waals surface area (Å²) < 4.78 is 5.12. The predicted molar refractivity (Wildman–Crippen MR) is 125 cm³/mol. The number of carbonyl (C=O) groups excluding carboxylic acids is 2. The summed E-state index contributed by atoms with van der Waals surface area (Å²) in [5.41, 5.74) is 3.40. The molecule has 0 saturated carbocycles. The van der Waals surface area contributed by atoms with Gasteiger partial charge < -0.3 is 15.4 Å². The van der Waals surface area contributed by atoms with Gasteiger partial charge in [-0.25, -0.2) is 0 Å². The summed E-state index contributed by atoms with van der Waals surface area (Å²) in [5.74, 6) is 0.535. The number of amides is 2. The number of aromatic nitrogens is 1. The summed E-state index contributed by atoms with van der Waals surface area (Å²) >= 11 is 0. The Bertz CT molecular complexity index is 1130. The summed E-state index contributed by atoms with van der Waals surface area (Å²) in [4.78, 5) is 33.7. The molecule has 7 heteroatoms. The van der Waals surface area contributed by atoms with Gasteiger partial charge in [0, 0.05) is 35.7 Å². The highest BCUT2D eigenvalue weighted by atomic mass is 16.5. The van der Waals surface area contributed by atoms with Crippen LogP contribution in [-0.2, 0) is 4.79 Å². The molecule has 162 valence electrons. The van der Waals surface area contributed by atoms with Crippen LogP contribution in [0.25, 0.3) is 0 Å². The lowest BCUT2D eigenvalue weighted by atomic mass is 9.86. The largest absolute Gasteiger partial charge is 0.497 e. The zero-order chi connectivity index (χ0) is 22.3. The molecule has 32 heavy (non-hydrogen) atoms. The van der Waals surface area contributed by atoms with Crippen molar-refractivity contribution in [2.24, 2.45) is 10.9 Å². The van der Waals surface area contributed by atoms with E-state index in [1.54, 1.807) is 43.6 Å². The fourth-order valence-electron chi connectivity index (χ4n) is 3.64. The maximum absolute atomic E-state index is 12.8. The molecule has 2 heterocycles. The van der Waals surface area contributed by atoms with Gasteiger partial charge in [-0.3, -0.25) is 19.6 Å². The third-order valence-electron chi connectivity index (χ3n) is 5.49. The minimum absolute atomic E-state index is 0.200. The van der Waals surface area contributed by atoms with Crippen LogP contribution in [0, 0.1) is 5.92 Å². The van der Waals surface area contributed by atoms with Gasteiger partial charge in [0.15, 0.2) is 0 Å². The second kappa shape index (κ2) is 9.87. The molecule has 1 aromatic carbocycles. The molecule has 0 bridgehead atoms. The number of aliphatic imine (C=N–C) groups is 1. The van der Waals surface area contributed by atoms with E-state index in [0.29, 0.717) is 40.6 Å². The first-order valence-electron chi connectivity index (χ1n) is 10.4. The Morgan fingerprint density at radius 3 is 2.50 bits per heavy atom. The molecule has 2 aliphatic rings. The van der Waals surface area contributed by atoms with Gasteiger partial charge in [-0.05, 0) is 49.6 Å². The Balaban J connectivity index is 1.43. The van der Waals surface area contributed by atoms with E-state index in [1.165, 1.54) is 11.8 Å². The van der Waals surface area contributed by atoms with E-state index in [-0.39, 0.29) is 11.8 Å².